The van der Waals surface area contributed by atoms with Gasteiger partial charge in [-0.2, -0.15) is 0 Å². The third-order valence-corrected chi connectivity index (χ3v) is 4.58. The van der Waals surface area contributed by atoms with Gasteiger partial charge in [-0.1, -0.05) is 12.5 Å². The van der Waals surface area contributed by atoms with Crippen LogP contribution in [0.2, 0.25) is 0 Å². The molecule has 1 fully saturated rings. The van der Waals surface area contributed by atoms with Crippen LogP contribution in [0.25, 0.3) is 0 Å². The van der Waals surface area contributed by atoms with E-state index in [1.54, 1.807) is 0 Å². The van der Waals surface area contributed by atoms with Crippen LogP contribution in [0.3, 0.4) is 0 Å². The number of likely N-dealkylation sites (N-methyl/N-ethyl adjacent to an activating group) is 1. The lowest BCUT2D eigenvalue weighted by Crippen LogP contribution is -2.42. The fourth-order valence-corrected chi connectivity index (χ4v) is 3.18. The molecule has 1 aliphatic rings. The maximum atomic E-state index is 3.61. The minimum atomic E-state index is 0.545. The third kappa shape index (κ3) is 3.06. The molecule has 1 saturated heterocycles. The Hall–Kier alpha value is -0.380. The Morgan fingerprint density at radius 3 is 3.06 bits per heavy atom. The van der Waals surface area contributed by atoms with E-state index in [0.717, 1.165) is 0 Å². The van der Waals surface area contributed by atoms with E-state index in [1.807, 2.05) is 11.3 Å². The van der Waals surface area contributed by atoms with Gasteiger partial charge in [0.1, 0.15) is 0 Å². The molecule has 2 heterocycles. The average molecular weight is 238 g/mol. The van der Waals surface area contributed by atoms with Gasteiger partial charge < -0.3 is 5.32 Å². The van der Waals surface area contributed by atoms with Crippen molar-refractivity contribution in [2.75, 3.05) is 20.1 Å². The van der Waals surface area contributed by atoms with Gasteiger partial charge in [-0.25, -0.2) is 0 Å². The summed E-state index contributed by atoms with van der Waals surface area (Å²) in [7, 11) is 2.24. The molecule has 3 heteroatoms. The molecule has 0 aromatic carbocycles. The smallest absolute Gasteiger partial charge is 0.0410 e. The molecule has 2 rings (SSSR count). The summed E-state index contributed by atoms with van der Waals surface area (Å²) in [5.74, 6) is 0. The second kappa shape index (κ2) is 5.80. The molecule has 90 valence electrons. The van der Waals surface area contributed by atoms with Crippen LogP contribution >= 0.6 is 11.3 Å². The Morgan fingerprint density at radius 1 is 1.56 bits per heavy atom. The summed E-state index contributed by atoms with van der Waals surface area (Å²) < 4.78 is 0. The van der Waals surface area contributed by atoms with Crippen molar-refractivity contribution < 1.29 is 0 Å². The van der Waals surface area contributed by atoms with Crippen LogP contribution in [0.4, 0.5) is 0 Å². The molecule has 0 aliphatic carbocycles. The fourth-order valence-electron chi connectivity index (χ4n) is 2.33. The van der Waals surface area contributed by atoms with Crippen LogP contribution in [-0.2, 0) is 0 Å². The van der Waals surface area contributed by atoms with E-state index < -0.39 is 0 Å². The summed E-state index contributed by atoms with van der Waals surface area (Å²) in [6.07, 6.45) is 4.07. The zero-order valence-electron chi connectivity index (χ0n) is 10.3. The monoisotopic (exact) mass is 238 g/mol. The Bertz CT molecular complexity index is 291. The van der Waals surface area contributed by atoms with Crippen molar-refractivity contribution in [3.05, 3.63) is 22.4 Å². The van der Waals surface area contributed by atoms with Crippen LogP contribution in [0.15, 0.2) is 17.5 Å². The number of nitrogens with zero attached hydrogens (tertiary/aromatic N) is 1. The summed E-state index contributed by atoms with van der Waals surface area (Å²) in [6, 6.07) is 5.62. The van der Waals surface area contributed by atoms with Crippen LogP contribution in [0, 0.1) is 0 Å². The Balaban J connectivity index is 1.84. The van der Waals surface area contributed by atoms with Crippen molar-refractivity contribution in [2.24, 2.45) is 0 Å². The highest BCUT2D eigenvalue weighted by Crippen LogP contribution is 2.24. The molecule has 0 saturated carbocycles. The van der Waals surface area contributed by atoms with E-state index in [4.69, 9.17) is 0 Å². The fraction of sp³-hybridized carbons (Fsp3) is 0.692. The van der Waals surface area contributed by atoms with Gasteiger partial charge in [-0.15, -0.1) is 11.3 Å². The Labute approximate surface area is 103 Å². The zero-order valence-corrected chi connectivity index (χ0v) is 11.1. The van der Waals surface area contributed by atoms with Gasteiger partial charge in [0.05, 0.1) is 0 Å². The lowest BCUT2D eigenvalue weighted by atomic mass is 10.0. The predicted octanol–water partition coefficient (Wildman–Crippen LogP) is 2.88. The molecule has 1 N–H and O–H groups in total. The maximum absolute atomic E-state index is 3.61. The number of nitrogens with one attached hydrogen (secondary N) is 1. The van der Waals surface area contributed by atoms with E-state index in [2.05, 4.69) is 41.7 Å². The van der Waals surface area contributed by atoms with E-state index in [9.17, 15) is 0 Å². The highest BCUT2D eigenvalue weighted by atomic mass is 32.1. The summed E-state index contributed by atoms with van der Waals surface area (Å²) in [6.45, 7) is 4.67. The zero-order chi connectivity index (χ0) is 11.4. The van der Waals surface area contributed by atoms with Crippen LogP contribution in [0.5, 0.6) is 0 Å². The number of hydrogen-bond donors (Lipinski definition) is 1. The molecule has 0 spiro atoms. The first-order valence-electron chi connectivity index (χ1n) is 6.24. The first-order chi connectivity index (χ1) is 7.77. The number of thiophene rings is 1. The van der Waals surface area contributed by atoms with Gasteiger partial charge >= 0.3 is 0 Å². The topological polar surface area (TPSA) is 15.3 Å². The van der Waals surface area contributed by atoms with Crippen molar-refractivity contribution in [3.63, 3.8) is 0 Å². The van der Waals surface area contributed by atoms with E-state index >= 15 is 0 Å². The molecule has 1 aromatic heterocycles. The molecule has 0 bridgehead atoms. The van der Waals surface area contributed by atoms with Gasteiger partial charge in [0, 0.05) is 23.5 Å². The minimum Gasteiger partial charge on any atom is -0.313 e. The number of piperidine rings is 1. The molecule has 1 aromatic rings. The van der Waals surface area contributed by atoms with Gasteiger partial charge in [0.25, 0.3) is 0 Å². The lowest BCUT2D eigenvalue weighted by molar-refractivity contribution is 0.217. The average Bonchev–Trinajstić information content (AvgIpc) is 2.83. The minimum absolute atomic E-state index is 0.545. The third-order valence-electron chi connectivity index (χ3n) is 3.54. The molecule has 2 atom stereocenters. The summed E-state index contributed by atoms with van der Waals surface area (Å²) in [5, 5.41) is 5.78. The molecule has 0 unspecified atom stereocenters. The van der Waals surface area contributed by atoms with Crippen molar-refractivity contribution in [1.82, 2.24) is 10.2 Å². The first kappa shape index (κ1) is 12.1. The molecule has 0 amide bonds. The van der Waals surface area contributed by atoms with Gasteiger partial charge in [0.15, 0.2) is 0 Å². The van der Waals surface area contributed by atoms with Crippen LogP contribution < -0.4 is 5.32 Å². The normalized spacial score (nSPS) is 23.6. The maximum Gasteiger partial charge on any atom is 0.0410 e. The van der Waals surface area contributed by atoms with Crippen molar-refractivity contribution in [1.29, 1.82) is 0 Å². The second-order valence-electron chi connectivity index (χ2n) is 4.78. The molecule has 16 heavy (non-hydrogen) atoms. The number of rotatable bonds is 4. The van der Waals surface area contributed by atoms with Crippen LogP contribution in [0.1, 0.15) is 37.1 Å². The lowest BCUT2D eigenvalue weighted by Gasteiger charge is -2.31. The van der Waals surface area contributed by atoms with Gasteiger partial charge in [-0.3, -0.25) is 4.90 Å². The molecule has 1 aliphatic heterocycles. The van der Waals surface area contributed by atoms with E-state index in [0.29, 0.717) is 12.1 Å². The van der Waals surface area contributed by atoms with E-state index in [-0.39, 0.29) is 0 Å². The number of hydrogen-bond acceptors (Lipinski definition) is 3. The van der Waals surface area contributed by atoms with E-state index in [1.165, 1.54) is 37.2 Å². The SMILES string of the molecule is C[C@H](c1cccs1)N(C)C[C@@H]1CCCCN1. The molecule has 2 nitrogen and oxygen atoms in total. The first-order valence-corrected chi connectivity index (χ1v) is 7.12. The Morgan fingerprint density at radius 2 is 2.44 bits per heavy atom. The van der Waals surface area contributed by atoms with Crippen molar-refractivity contribution in [3.8, 4) is 0 Å². The van der Waals surface area contributed by atoms with Crippen molar-refractivity contribution in [2.45, 2.75) is 38.3 Å². The van der Waals surface area contributed by atoms with Crippen molar-refractivity contribution >= 4 is 11.3 Å². The van der Waals surface area contributed by atoms with Gasteiger partial charge in [0.2, 0.25) is 0 Å². The van der Waals surface area contributed by atoms with Crippen LogP contribution in [-0.4, -0.2) is 31.1 Å². The second-order valence-corrected chi connectivity index (χ2v) is 5.76. The highest BCUT2D eigenvalue weighted by molar-refractivity contribution is 7.10. The summed E-state index contributed by atoms with van der Waals surface area (Å²) >= 11 is 1.86. The standard InChI is InChI=1S/C13H22N2S/c1-11(13-7-5-9-16-13)15(2)10-12-6-3-4-8-14-12/h5,7,9,11-12,14H,3-4,6,8,10H2,1-2H3/t11-,12+/m1/s1. The highest BCUT2D eigenvalue weighted by Gasteiger charge is 2.18. The Kier molecular flexibility index (Phi) is 4.38. The molecule has 0 radical (unpaired) electrons. The molecular weight excluding hydrogens is 216 g/mol. The predicted molar refractivity (Wildman–Crippen MR) is 71.0 cm³/mol. The molecular formula is C13H22N2S. The quantitative estimate of drug-likeness (QED) is 0.867. The largest absolute Gasteiger partial charge is 0.313 e. The van der Waals surface area contributed by atoms with Gasteiger partial charge in [-0.05, 0) is 44.8 Å². The summed E-state index contributed by atoms with van der Waals surface area (Å²) in [5.41, 5.74) is 0. The summed E-state index contributed by atoms with van der Waals surface area (Å²) in [4.78, 5) is 3.94.